The van der Waals surface area contributed by atoms with Crippen LogP contribution in [-0.2, 0) is 11.8 Å². The first-order valence-electron chi connectivity index (χ1n) is 10.7. The van der Waals surface area contributed by atoms with Crippen LogP contribution in [0.15, 0.2) is 52.4 Å². The maximum atomic E-state index is 12.9. The van der Waals surface area contributed by atoms with Crippen LogP contribution in [-0.4, -0.2) is 25.6 Å². The number of nitrogens with zero attached hydrogens (tertiary/aromatic N) is 2. The molecule has 0 unspecified atom stereocenters. The van der Waals surface area contributed by atoms with Crippen LogP contribution in [0.5, 0.6) is 5.75 Å². The van der Waals surface area contributed by atoms with Gasteiger partial charge in [-0.2, -0.15) is 4.57 Å². The van der Waals surface area contributed by atoms with Crippen molar-refractivity contribution in [3.05, 3.63) is 52.5 Å². The molecule has 3 aromatic rings. The number of thioether (sulfide) groups is 1. The van der Waals surface area contributed by atoms with E-state index in [1.165, 1.54) is 20.1 Å². The standard InChI is InChI=1S/C25H29N3O2S2/c1-16(2)26-24(29)25(3,4)15-28-19-13-17(30-6)11-12-21(19)32-23(28)14-22-27(5)18-9-7-8-10-20(18)31-22/h7-14,16H,15H2,1-6H3/p+1. The molecule has 0 radical (unpaired) electrons. The van der Waals surface area contributed by atoms with Crippen LogP contribution in [0.2, 0.25) is 0 Å². The van der Waals surface area contributed by atoms with E-state index >= 15 is 0 Å². The number of amides is 1. The fourth-order valence-electron chi connectivity index (χ4n) is 3.76. The highest BCUT2D eigenvalue weighted by atomic mass is 32.2. The van der Waals surface area contributed by atoms with Crippen LogP contribution in [0.25, 0.3) is 16.3 Å². The molecule has 4 rings (SSSR count). The van der Waals surface area contributed by atoms with E-state index in [-0.39, 0.29) is 11.9 Å². The molecule has 2 heterocycles. The smallest absolute Gasteiger partial charge is 0.265 e. The molecule has 0 spiro atoms. The molecule has 7 heteroatoms. The van der Waals surface area contributed by atoms with Crippen molar-refractivity contribution in [1.29, 1.82) is 0 Å². The lowest BCUT2D eigenvalue weighted by Crippen LogP contribution is -2.46. The number of methoxy groups -OCH3 is 1. The van der Waals surface area contributed by atoms with Gasteiger partial charge in [0.25, 0.3) is 5.01 Å². The second kappa shape index (κ2) is 8.79. The van der Waals surface area contributed by atoms with E-state index in [0.29, 0.717) is 6.54 Å². The Morgan fingerprint density at radius 3 is 2.69 bits per heavy atom. The lowest BCUT2D eigenvalue weighted by Gasteiger charge is -2.31. The Balaban J connectivity index is 1.76. The van der Waals surface area contributed by atoms with Gasteiger partial charge in [0.2, 0.25) is 11.4 Å². The minimum Gasteiger partial charge on any atom is -0.497 e. The third-order valence-corrected chi connectivity index (χ3v) is 7.82. The van der Waals surface area contributed by atoms with Crippen LogP contribution in [0.3, 0.4) is 0 Å². The zero-order valence-corrected chi connectivity index (χ0v) is 21.1. The minimum atomic E-state index is -0.572. The maximum Gasteiger partial charge on any atom is 0.265 e. The van der Waals surface area contributed by atoms with Crippen molar-refractivity contribution in [1.82, 2.24) is 5.32 Å². The van der Waals surface area contributed by atoms with Crippen molar-refractivity contribution in [2.24, 2.45) is 12.5 Å². The van der Waals surface area contributed by atoms with Gasteiger partial charge in [0.05, 0.1) is 29.3 Å². The molecular weight excluding hydrogens is 438 g/mol. The molecule has 1 N–H and O–H groups in total. The minimum absolute atomic E-state index is 0.0561. The van der Waals surface area contributed by atoms with Gasteiger partial charge in [-0.15, -0.1) is 0 Å². The Morgan fingerprint density at radius 2 is 2.00 bits per heavy atom. The molecule has 1 aliphatic rings. The highest BCUT2D eigenvalue weighted by Crippen LogP contribution is 2.49. The average molecular weight is 469 g/mol. The number of nitrogens with one attached hydrogen (secondary N) is 1. The second-order valence-electron chi connectivity index (χ2n) is 8.98. The number of hydrogen-bond acceptors (Lipinski definition) is 5. The summed E-state index contributed by atoms with van der Waals surface area (Å²) in [5.74, 6) is 0.869. The molecule has 0 atom stereocenters. The highest BCUT2D eigenvalue weighted by molar-refractivity contribution is 8.03. The Hall–Kier alpha value is -2.51. The topological polar surface area (TPSA) is 45.5 Å². The number of ether oxygens (including phenoxy) is 1. The Bertz CT molecular complexity index is 1200. The van der Waals surface area contributed by atoms with Crippen LogP contribution in [0.4, 0.5) is 5.69 Å². The summed E-state index contributed by atoms with van der Waals surface area (Å²) in [6, 6.07) is 14.7. The summed E-state index contributed by atoms with van der Waals surface area (Å²) in [5, 5.41) is 5.36. The number of carbonyl (C=O) groups excluding carboxylic acids is 1. The van der Waals surface area contributed by atoms with E-state index in [2.05, 4.69) is 64.3 Å². The van der Waals surface area contributed by atoms with E-state index in [1.807, 2.05) is 33.8 Å². The summed E-state index contributed by atoms with van der Waals surface area (Å²) in [7, 11) is 3.79. The van der Waals surface area contributed by atoms with Gasteiger partial charge in [0.1, 0.15) is 17.5 Å². The summed E-state index contributed by atoms with van der Waals surface area (Å²) in [6.45, 7) is 8.56. The number of thiazole rings is 1. The molecule has 1 amide bonds. The van der Waals surface area contributed by atoms with Crippen molar-refractivity contribution < 1.29 is 14.1 Å². The normalized spacial score (nSPS) is 15.0. The molecule has 1 aromatic heterocycles. The van der Waals surface area contributed by atoms with Crippen molar-refractivity contribution >= 4 is 51.0 Å². The van der Waals surface area contributed by atoms with Gasteiger partial charge < -0.3 is 15.0 Å². The number of aromatic nitrogens is 1. The van der Waals surface area contributed by atoms with E-state index in [9.17, 15) is 4.79 Å². The molecule has 5 nitrogen and oxygen atoms in total. The monoisotopic (exact) mass is 468 g/mol. The van der Waals surface area contributed by atoms with Crippen molar-refractivity contribution in [3.63, 3.8) is 0 Å². The number of aryl methyl sites for hydroxylation is 1. The van der Waals surface area contributed by atoms with Crippen LogP contribution in [0, 0.1) is 5.41 Å². The fourth-order valence-corrected chi connectivity index (χ4v) is 6.00. The van der Waals surface area contributed by atoms with Crippen molar-refractivity contribution in [3.8, 4) is 5.75 Å². The molecule has 0 aliphatic carbocycles. The molecule has 2 aromatic carbocycles. The lowest BCUT2D eigenvalue weighted by molar-refractivity contribution is -0.642. The zero-order chi connectivity index (χ0) is 23.0. The number of benzene rings is 2. The summed E-state index contributed by atoms with van der Waals surface area (Å²) < 4.78 is 8.98. The number of hydrogen-bond donors (Lipinski definition) is 1. The van der Waals surface area contributed by atoms with Gasteiger partial charge in [-0.25, -0.2) is 0 Å². The quantitative estimate of drug-likeness (QED) is 0.506. The second-order valence-corrected chi connectivity index (χ2v) is 11.1. The van der Waals surface area contributed by atoms with E-state index < -0.39 is 5.41 Å². The molecule has 1 aliphatic heterocycles. The van der Waals surface area contributed by atoms with Crippen LogP contribution < -0.4 is 19.5 Å². The summed E-state index contributed by atoms with van der Waals surface area (Å²) in [5.41, 5.74) is 1.72. The number of rotatable bonds is 6. The molecule has 168 valence electrons. The first-order chi connectivity index (χ1) is 15.2. The van der Waals surface area contributed by atoms with Gasteiger partial charge in [-0.05, 0) is 45.9 Å². The van der Waals surface area contributed by atoms with E-state index in [0.717, 1.165) is 16.5 Å². The van der Waals surface area contributed by atoms with E-state index in [4.69, 9.17) is 4.74 Å². The van der Waals surface area contributed by atoms with E-state index in [1.54, 1.807) is 30.2 Å². The van der Waals surface area contributed by atoms with Crippen LogP contribution >= 0.6 is 23.1 Å². The summed E-state index contributed by atoms with van der Waals surface area (Å²) in [4.78, 5) is 16.4. The van der Waals surface area contributed by atoms with Crippen molar-refractivity contribution in [2.45, 2.75) is 38.6 Å². The molecular formula is C25H30N3O2S2+. The molecule has 32 heavy (non-hydrogen) atoms. The number of fused-ring (bicyclic) bond motifs is 2. The largest absolute Gasteiger partial charge is 0.497 e. The SMILES string of the molecule is COc1ccc2c(c1)N(CC(C)(C)C(=O)NC(C)C)/C(=C/c1sc3ccccc3[n+]1C)S2. The Kier molecular flexibility index (Phi) is 6.23. The predicted molar refractivity (Wildman–Crippen MR) is 134 cm³/mol. The predicted octanol–water partition coefficient (Wildman–Crippen LogP) is 5.20. The average Bonchev–Trinajstić information content (AvgIpc) is 3.24. The molecule has 0 fully saturated rings. The van der Waals surface area contributed by atoms with Crippen LogP contribution in [0.1, 0.15) is 32.7 Å². The first-order valence-corrected chi connectivity index (χ1v) is 12.4. The summed E-state index contributed by atoms with van der Waals surface area (Å²) in [6.07, 6.45) is 2.23. The Morgan fingerprint density at radius 1 is 1.25 bits per heavy atom. The number of anilines is 1. The molecule has 0 saturated heterocycles. The molecule has 0 saturated carbocycles. The lowest BCUT2D eigenvalue weighted by atomic mass is 9.91. The third kappa shape index (κ3) is 4.36. The first kappa shape index (κ1) is 22.7. The van der Waals surface area contributed by atoms with Crippen molar-refractivity contribution in [2.75, 3.05) is 18.6 Å². The fraction of sp³-hybridized carbons (Fsp3) is 0.360. The van der Waals surface area contributed by atoms with Gasteiger partial charge in [-0.3, -0.25) is 4.79 Å². The van der Waals surface area contributed by atoms with Gasteiger partial charge in [0.15, 0.2) is 0 Å². The maximum absolute atomic E-state index is 12.9. The van der Waals surface area contributed by atoms with Gasteiger partial charge in [-0.1, -0.05) is 35.2 Å². The highest BCUT2D eigenvalue weighted by Gasteiger charge is 2.36. The third-order valence-electron chi connectivity index (χ3n) is 5.54. The number of carbonyl (C=O) groups is 1. The Labute approximate surface area is 198 Å². The summed E-state index contributed by atoms with van der Waals surface area (Å²) >= 11 is 3.51. The number of para-hydroxylation sites is 1. The van der Waals surface area contributed by atoms with Gasteiger partial charge in [0, 0.05) is 29.6 Å². The van der Waals surface area contributed by atoms with Gasteiger partial charge >= 0.3 is 0 Å². The molecule has 0 bridgehead atoms. The zero-order valence-electron chi connectivity index (χ0n) is 19.4.